The smallest absolute Gasteiger partial charge is 0.255 e. The van der Waals surface area contributed by atoms with Crippen LogP contribution in [-0.2, 0) is 4.74 Å². The number of likely N-dealkylation sites (tertiary alicyclic amines) is 1. The lowest BCUT2D eigenvalue weighted by Gasteiger charge is -2.32. The van der Waals surface area contributed by atoms with Crippen molar-refractivity contribution in [2.45, 2.75) is 25.9 Å². The SMILES string of the molecule is Cc1ncccc1C(=O)N1CCC(OCCO)CC1. The summed E-state index contributed by atoms with van der Waals surface area (Å²) in [5.41, 5.74) is 1.45. The Bertz CT molecular complexity index is 428. The molecule has 5 heteroatoms. The van der Waals surface area contributed by atoms with Gasteiger partial charge in [0, 0.05) is 25.0 Å². The van der Waals surface area contributed by atoms with Crippen LogP contribution in [0.1, 0.15) is 28.9 Å². The van der Waals surface area contributed by atoms with Gasteiger partial charge in [0.25, 0.3) is 5.91 Å². The van der Waals surface area contributed by atoms with E-state index in [-0.39, 0.29) is 18.6 Å². The number of piperidine rings is 1. The zero-order valence-corrected chi connectivity index (χ0v) is 11.2. The number of aryl methyl sites for hydroxylation is 1. The van der Waals surface area contributed by atoms with Crippen molar-refractivity contribution in [3.05, 3.63) is 29.6 Å². The molecule has 0 bridgehead atoms. The number of pyridine rings is 1. The van der Waals surface area contributed by atoms with Crippen molar-refractivity contribution in [1.82, 2.24) is 9.88 Å². The number of hydrogen-bond donors (Lipinski definition) is 1. The van der Waals surface area contributed by atoms with Crippen LogP contribution in [0, 0.1) is 6.92 Å². The Morgan fingerprint density at radius 3 is 2.89 bits per heavy atom. The summed E-state index contributed by atoms with van der Waals surface area (Å²) in [6.07, 6.45) is 3.50. The molecule has 0 radical (unpaired) electrons. The Balaban J connectivity index is 1.91. The van der Waals surface area contributed by atoms with E-state index in [4.69, 9.17) is 9.84 Å². The zero-order valence-electron chi connectivity index (χ0n) is 11.2. The average molecular weight is 264 g/mol. The highest BCUT2D eigenvalue weighted by Gasteiger charge is 2.24. The van der Waals surface area contributed by atoms with Gasteiger partial charge in [-0.05, 0) is 31.9 Å². The second kappa shape index (κ2) is 6.63. The maximum absolute atomic E-state index is 12.3. The van der Waals surface area contributed by atoms with Crippen molar-refractivity contribution >= 4 is 5.91 Å². The summed E-state index contributed by atoms with van der Waals surface area (Å²) in [4.78, 5) is 18.3. The second-order valence-corrected chi connectivity index (χ2v) is 4.72. The van der Waals surface area contributed by atoms with Gasteiger partial charge in [0.2, 0.25) is 0 Å². The topological polar surface area (TPSA) is 62.7 Å². The van der Waals surface area contributed by atoms with Crippen molar-refractivity contribution in [3.63, 3.8) is 0 Å². The van der Waals surface area contributed by atoms with Crippen LogP contribution in [0.15, 0.2) is 18.3 Å². The van der Waals surface area contributed by atoms with E-state index in [1.54, 1.807) is 12.3 Å². The third-order valence-corrected chi connectivity index (χ3v) is 3.41. The summed E-state index contributed by atoms with van der Waals surface area (Å²) in [7, 11) is 0. The van der Waals surface area contributed by atoms with Crippen LogP contribution >= 0.6 is 0 Å². The van der Waals surface area contributed by atoms with Gasteiger partial charge in [-0.25, -0.2) is 0 Å². The van der Waals surface area contributed by atoms with E-state index < -0.39 is 0 Å². The van der Waals surface area contributed by atoms with Crippen molar-refractivity contribution in [2.24, 2.45) is 0 Å². The highest BCUT2D eigenvalue weighted by molar-refractivity contribution is 5.95. The summed E-state index contributed by atoms with van der Waals surface area (Å²) in [5.74, 6) is 0.0474. The molecule has 0 unspecified atom stereocenters. The Kier molecular flexibility index (Phi) is 4.87. The number of ether oxygens (including phenoxy) is 1. The number of carbonyl (C=O) groups excluding carboxylic acids is 1. The predicted molar refractivity (Wildman–Crippen MR) is 70.9 cm³/mol. The minimum absolute atomic E-state index is 0.0474. The summed E-state index contributed by atoms with van der Waals surface area (Å²) >= 11 is 0. The molecular formula is C14H20N2O3. The molecule has 1 aromatic heterocycles. The third kappa shape index (κ3) is 3.52. The third-order valence-electron chi connectivity index (χ3n) is 3.41. The maximum Gasteiger partial charge on any atom is 0.255 e. The van der Waals surface area contributed by atoms with Crippen LogP contribution < -0.4 is 0 Å². The van der Waals surface area contributed by atoms with E-state index in [1.807, 2.05) is 17.9 Å². The standard InChI is InChI=1S/C14H20N2O3/c1-11-13(3-2-6-15-11)14(18)16-7-4-12(5-8-16)19-10-9-17/h2-3,6,12,17H,4-5,7-10H2,1H3. The molecule has 1 aromatic rings. The minimum Gasteiger partial charge on any atom is -0.394 e. The van der Waals surface area contributed by atoms with Gasteiger partial charge in [-0.2, -0.15) is 0 Å². The van der Waals surface area contributed by atoms with E-state index in [2.05, 4.69) is 4.98 Å². The van der Waals surface area contributed by atoms with Crippen LogP contribution in [-0.4, -0.2) is 53.3 Å². The van der Waals surface area contributed by atoms with Gasteiger partial charge in [-0.3, -0.25) is 9.78 Å². The Morgan fingerprint density at radius 2 is 2.26 bits per heavy atom. The van der Waals surface area contributed by atoms with Crippen molar-refractivity contribution < 1.29 is 14.6 Å². The maximum atomic E-state index is 12.3. The highest BCUT2D eigenvalue weighted by Crippen LogP contribution is 2.17. The highest BCUT2D eigenvalue weighted by atomic mass is 16.5. The van der Waals surface area contributed by atoms with Crippen LogP contribution in [0.4, 0.5) is 0 Å². The number of hydrogen-bond acceptors (Lipinski definition) is 4. The van der Waals surface area contributed by atoms with Gasteiger partial charge < -0.3 is 14.7 Å². The molecule has 104 valence electrons. The average Bonchev–Trinajstić information content (AvgIpc) is 2.45. The van der Waals surface area contributed by atoms with Gasteiger partial charge in [-0.1, -0.05) is 0 Å². The molecule has 0 saturated carbocycles. The first-order valence-electron chi connectivity index (χ1n) is 6.65. The Labute approximate surface area is 113 Å². The van der Waals surface area contributed by atoms with Crippen LogP contribution in [0.3, 0.4) is 0 Å². The number of rotatable bonds is 4. The van der Waals surface area contributed by atoms with E-state index >= 15 is 0 Å². The largest absolute Gasteiger partial charge is 0.394 e. The lowest BCUT2D eigenvalue weighted by Crippen LogP contribution is -2.41. The fourth-order valence-corrected chi connectivity index (χ4v) is 2.33. The molecule has 5 nitrogen and oxygen atoms in total. The second-order valence-electron chi connectivity index (χ2n) is 4.72. The molecule has 1 aliphatic heterocycles. The van der Waals surface area contributed by atoms with Gasteiger partial charge in [0.15, 0.2) is 0 Å². The minimum atomic E-state index is 0.0474. The van der Waals surface area contributed by atoms with Crippen LogP contribution in [0.25, 0.3) is 0 Å². The van der Waals surface area contributed by atoms with Gasteiger partial charge in [0.05, 0.1) is 24.9 Å². The first-order chi connectivity index (χ1) is 9.22. The molecule has 0 aromatic carbocycles. The number of amides is 1. The van der Waals surface area contributed by atoms with Gasteiger partial charge in [0.1, 0.15) is 0 Å². The normalized spacial score (nSPS) is 16.6. The fraction of sp³-hybridized carbons (Fsp3) is 0.571. The first-order valence-corrected chi connectivity index (χ1v) is 6.65. The van der Waals surface area contributed by atoms with E-state index in [0.717, 1.165) is 18.5 Å². The molecule has 2 rings (SSSR count). The summed E-state index contributed by atoms with van der Waals surface area (Å²) in [6, 6.07) is 3.61. The number of aliphatic hydroxyl groups is 1. The van der Waals surface area contributed by atoms with E-state index in [9.17, 15) is 4.79 Å². The summed E-state index contributed by atoms with van der Waals surface area (Å²) < 4.78 is 5.49. The summed E-state index contributed by atoms with van der Waals surface area (Å²) in [5, 5.41) is 8.72. The summed E-state index contributed by atoms with van der Waals surface area (Å²) in [6.45, 7) is 3.67. The van der Waals surface area contributed by atoms with E-state index in [0.29, 0.717) is 25.3 Å². The fourth-order valence-electron chi connectivity index (χ4n) is 2.33. The molecule has 1 saturated heterocycles. The Morgan fingerprint density at radius 1 is 1.53 bits per heavy atom. The van der Waals surface area contributed by atoms with E-state index in [1.165, 1.54) is 0 Å². The van der Waals surface area contributed by atoms with Gasteiger partial charge >= 0.3 is 0 Å². The molecule has 0 spiro atoms. The molecule has 1 amide bonds. The van der Waals surface area contributed by atoms with Crippen molar-refractivity contribution in [3.8, 4) is 0 Å². The molecule has 0 aliphatic carbocycles. The molecule has 1 aliphatic rings. The number of carbonyl (C=O) groups is 1. The van der Waals surface area contributed by atoms with Crippen molar-refractivity contribution in [1.29, 1.82) is 0 Å². The molecule has 2 heterocycles. The molecule has 19 heavy (non-hydrogen) atoms. The van der Waals surface area contributed by atoms with Crippen LogP contribution in [0.2, 0.25) is 0 Å². The monoisotopic (exact) mass is 264 g/mol. The predicted octanol–water partition coefficient (Wildman–Crippen LogP) is 1.00. The molecule has 1 N–H and O–H groups in total. The lowest BCUT2D eigenvalue weighted by molar-refractivity contribution is -0.00556. The van der Waals surface area contributed by atoms with Gasteiger partial charge in [-0.15, -0.1) is 0 Å². The number of aliphatic hydroxyl groups excluding tert-OH is 1. The molecular weight excluding hydrogens is 244 g/mol. The van der Waals surface area contributed by atoms with Crippen LogP contribution in [0.5, 0.6) is 0 Å². The Hall–Kier alpha value is -1.46. The zero-order chi connectivity index (χ0) is 13.7. The quantitative estimate of drug-likeness (QED) is 0.881. The van der Waals surface area contributed by atoms with Crippen molar-refractivity contribution in [2.75, 3.05) is 26.3 Å². The first kappa shape index (κ1) is 14.0. The molecule has 1 fully saturated rings. The molecule has 0 atom stereocenters. The number of nitrogens with zero attached hydrogens (tertiary/aromatic N) is 2. The number of aromatic nitrogens is 1. The lowest BCUT2D eigenvalue weighted by atomic mass is 10.1.